The molecule has 144 valence electrons. The van der Waals surface area contributed by atoms with Gasteiger partial charge in [0.25, 0.3) is 5.91 Å². The topological polar surface area (TPSA) is 78.5 Å². The number of nitrogens with one attached hydrogen (secondary N) is 2. The number of piperidine rings is 1. The minimum atomic E-state index is -3.70. The Bertz CT molecular complexity index is 878. The van der Waals surface area contributed by atoms with Gasteiger partial charge in [-0.3, -0.25) is 4.79 Å². The van der Waals surface area contributed by atoms with Gasteiger partial charge in [-0.05, 0) is 49.7 Å². The zero-order valence-electron chi connectivity index (χ0n) is 15.4. The van der Waals surface area contributed by atoms with Crippen molar-refractivity contribution in [3.8, 4) is 0 Å². The van der Waals surface area contributed by atoms with Gasteiger partial charge in [0.05, 0.1) is 4.90 Å². The molecular formula is C20H25N3O3S. The van der Waals surface area contributed by atoms with E-state index in [9.17, 15) is 13.2 Å². The smallest absolute Gasteiger partial charge is 0.253 e. The fourth-order valence-corrected chi connectivity index (χ4v) is 4.28. The third-order valence-electron chi connectivity index (χ3n) is 4.88. The lowest BCUT2D eigenvalue weighted by Gasteiger charge is -2.31. The fraction of sp³-hybridized carbons (Fsp3) is 0.350. The average molecular weight is 388 g/mol. The molecule has 1 amide bonds. The Balaban J connectivity index is 1.72. The maximum atomic E-state index is 12.8. The van der Waals surface area contributed by atoms with Crippen LogP contribution < -0.4 is 10.0 Å². The lowest BCUT2D eigenvalue weighted by molar-refractivity contribution is 0.0703. The van der Waals surface area contributed by atoms with Gasteiger partial charge in [0.1, 0.15) is 0 Å². The van der Waals surface area contributed by atoms with E-state index in [0.717, 1.165) is 31.5 Å². The summed E-state index contributed by atoms with van der Waals surface area (Å²) in [7, 11) is -1.91. The Morgan fingerprint density at radius 1 is 1.11 bits per heavy atom. The van der Waals surface area contributed by atoms with Crippen LogP contribution in [0.2, 0.25) is 0 Å². The molecule has 0 bridgehead atoms. The molecule has 0 unspecified atom stereocenters. The van der Waals surface area contributed by atoms with Crippen molar-refractivity contribution >= 4 is 15.9 Å². The molecule has 0 atom stereocenters. The van der Waals surface area contributed by atoms with Gasteiger partial charge in [0, 0.05) is 25.2 Å². The van der Waals surface area contributed by atoms with Crippen molar-refractivity contribution < 1.29 is 13.2 Å². The van der Waals surface area contributed by atoms with Crippen molar-refractivity contribution in [3.05, 3.63) is 65.7 Å². The molecular weight excluding hydrogens is 362 g/mol. The Hall–Kier alpha value is -2.22. The van der Waals surface area contributed by atoms with E-state index in [-0.39, 0.29) is 23.4 Å². The average Bonchev–Trinajstić information content (AvgIpc) is 2.73. The molecule has 1 aliphatic heterocycles. The van der Waals surface area contributed by atoms with E-state index < -0.39 is 10.0 Å². The van der Waals surface area contributed by atoms with E-state index in [1.807, 2.05) is 30.3 Å². The Morgan fingerprint density at radius 2 is 1.81 bits per heavy atom. The van der Waals surface area contributed by atoms with Crippen LogP contribution in [0.25, 0.3) is 0 Å². The molecule has 0 radical (unpaired) electrons. The highest BCUT2D eigenvalue weighted by molar-refractivity contribution is 7.89. The summed E-state index contributed by atoms with van der Waals surface area (Å²) in [6.07, 6.45) is 1.80. The standard InChI is InChI=1S/C20H25N3O3S/c1-23(18-10-12-21-13-11-18)20(24)17-8-5-9-19(14-17)27(25,26)22-15-16-6-3-2-4-7-16/h2-9,14,18,21-22H,10-13,15H2,1H3. The SMILES string of the molecule is CN(C(=O)c1cccc(S(=O)(=O)NCc2ccccc2)c1)C1CCNCC1. The molecule has 0 spiro atoms. The second-order valence-electron chi connectivity index (χ2n) is 6.74. The quantitative estimate of drug-likeness (QED) is 0.795. The molecule has 2 N–H and O–H groups in total. The molecule has 7 heteroatoms. The summed E-state index contributed by atoms with van der Waals surface area (Å²) < 4.78 is 27.8. The van der Waals surface area contributed by atoms with Crippen LogP contribution >= 0.6 is 0 Å². The van der Waals surface area contributed by atoms with E-state index in [2.05, 4.69) is 10.0 Å². The van der Waals surface area contributed by atoms with Crippen LogP contribution in [-0.2, 0) is 16.6 Å². The monoisotopic (exact) mass is 387 g/mol. The summed E-state index contributed by atoms with van der Waals surface area (Å²) in [5.74, 6) is -0.151. The van der Waals surface area contributed by atoms with Gasteiger partial charge in [-0.2, -0.15) is 0 Å². The molecule has 3 rings (SSSR count). The number of benzene rings is 2. The van der Waals surface area contributed by atoms with Gasteiger partial charge in [-0.25, -0.2) is 13.1 Å². The lowest BCUT2D eigenvalue weighted by Crippen LogP contribution is -2.44. The predicted octanol–water partition coefficient (Wildman–Crippen LogP) is 1.99. The van der Waals surface area contributed by atoms with Gasteiger partial charge in [-0.15, -0.1) is 0 Å². The highest BCUT2D eigenvalue weighted by atomic mass is 32.2. The summed E-state index contributed by atoms with van der Waals surface area (Å²) in [5.41, 5.74) is 1.26. The molecule has 27 heavy (non-hydrogen) atoms. The Kier molecular flexibility index (Phi) is 6.26. The molecule has 1 fully saturated rings. The maximum absolute atomic E-state index is 12.8. The summed E-state index contributed by atoms with van der Waals surface area (Å²) in [6.45, 7) is 1.98. The number of amides is 1. The predicted molar refractivity (Wildman–Crippen MR) is 105 cm³/mol. The highest BCUT2D eigenvalue weighted by Crippen LogP contribution is 2.17. The van der Waals surface area contributed by atoms with Crippen LogP contribution in [0.4, 0.5) is 0 Å². The third kappa shape index (κ3) is 4.94. The second kappa shape index (κ2) is 8.65. The highest BCUT2D eigenvalue weighted by Gasteiger charge is 2.24. The first-order chi connectivity index (χ1) is 13.0. The first-order valence-corrected chi connectivity index (χ1v) is 10.6. The molecule has 0 saturated carbocycles. The van der Waals surface area contributed by atoms with Crippen molar-refractivity contribution in [2.45, 2.75) is 30.3 Å². The van der Waals surface area contributed by atoms with Gasteiger partial charge in [0.2, 0.25) is 10.0 Å². The molecule has 1 heterocycles. The summed E-state index contributed by atoms with van der Waals surface area (Å²) >= 11 is 0. The van der Waals surface area contributed by atoms with Crippen molar-refractivity contribution in [3.63, 3.8) is 0 Å². The minimum absolute atomic E-state index is 0.1000. The number of hydrogen-bond donors (Lipinski definition) is 2. The Labute approximate surface area is 160 Å². The molecule has 1 saturated heterocycles. The zero-order chi connectivity index (χ0) is 19.3. The van der Waals surface area contributed by atoms with E-state index >= 15 is 0 Å². The van der Waals surface area contributed by atoms with Gasteiger partial charge in [-0.1, -0.05) is 36.4 Å². The van der Waals surface area contributed by atoms with Crippen molar-refractivity contribution in [2.24, 2.45) is 0 Å². The molecule has 0 aliphatic carbocycles. The summed E-state index contributed by atoms with van der Waals surface area (Å²) in [5, 5.41) is 3.28. The van der Waals surface area contributed by atoms with Crippen molar-refractivity contribution in [2.75, 3.05) is 20.1 Å². The minimum Gasteiger partial charge on any atom is -0.339 e. The van der Waals surface area contributed by atoms with Gasteiger partial charge >= 0.3 is 0 Å². The summed E-state index contributed by atoms with van der Waals surface area (Å²) in [4.78, 5) is 14.6. The Morgan fingerprint density at radius 3 is 2.52 bits per heavy atom. The van der Waals surface area contributed by atoms with Gasteiger partial charge < -0.3 is 10.2 Å². The van der Waals surface area contributed by atoms with Crippen LogP contribution in [0.15, 0.2) is 59.5 Å². The number of sulfonamides is 1. The van der Waals surface area contributed by atoms with E-state index in [1.54, 1.807) is 24.1 Å². The lowest BCUT2D eigenvalue weighted by atomic mass is 10.0. The normalized spacial score (nSPS) is 15.4. The maximum Gasteiger partial charge on any atom is 0.253 e. The number of hydrogen-bond acceptors (Lipinski definition) is 4. The van der Waals surface area contributed by atoms with Gasteiger partial charge in [0.15, 0.2) is 0 Å². The molecule has 2 aromatic rings. The van der Waals surface area contributed by atoms with Crippen LogP contribution in [0.1, 0.15) is 28.8 Å². The largest absolute Gasteiger partial charge is 0.339 e. The van der Waals surface area contributed by atoms with Crippen LogP contribution in [0.3, 0.4) is 0 Å². The number of rotatable bonds is 6. The molecule has 2 aromatic carbocycles. The number of carbonyl (C=O) groups excluding carboxylic acids is 1. The van der Waals surface area contributed by atoms with Crippen molar-refractivity contribution in [1.82, 2.24) is 14.9 Å². The zero-order valence-corrected chi connectivity index (χ0v) is 16.2. The molecule has 0 aromatic heterocycles. The van der Waals surface area contributed by atoms with Crippen LogP contribution in [0.5, 0.6) is 0 Å². The first kappa shape index (κ1) is 19.5. The third-order valence-corrected chi connectivity index (χ3v) is 6.28. The van der Waals surface area contributed by atoms with E-state index in [0.29, 0.717) is 5.56 Å². The number of carbonyl (C=O) groups is 1. The van der Waals surface area contributed by atoms with E-state index in [1.165, 1.54) is 12.1 Å². The molecule has 1 aliphatic rings. The second-order valence-corrected chi connectivity index (χ2v) is 8.50. The fourth-order valence-electron chi connectivity index (χ4n) is 3.22. The van der Waals surface area contributed by atoms with Crippen LogP contribution in [-0.4, -0.2) is 45.4 Å². The number of nitrogens with zero attached hydrogens (tertiary/aromatic N) is 1. The van der Waals surface area contributed by atoms with Crippen LogP contribution in [0, 0.1) is 0 Å². The molecule has 6 nitrogen and oxygen atoms in total. The summed E-state index contributed by atoms with van der Waals surface area (Å²) in [6, 6.07) is 15.7. The first-order valence-electron chi connectivity index (χ1n) is 9.09. The van der Waals surface area contributed by atoms with Crippen molar-refractivity contribution in [1.29, 1.82) is 0 Å². The van der Waals surface area contributed by atoms with E-state index in [4.69, 9.17) is 0 Å².